The number of hydrogen-bond donors (Lipinski definition) is 1. The van der Waals surface area contributed by atoms with Gasteiger partial charge in [-0.15, -0.1) is 12.4 Å². The Morgan fingerprint density at radius 1 is 1.30 bits per heavy atom. The Morgan fingerprint density at radius 2 is 1.95 bits per heavy atom. The first kappa shape index (κ1) is 17.7. The van der Waals surface area contributed by atoms with Crippen LogP contribution in [0.5, 0.6) is 0 Å². The smallest absolute Gasteiger partial charge is 0.242 e. The fourth-order valence-electron chi connectivity index (χ4n) is 3.56. The van der Waals surface area contributed by atoms with Crippen LogP contribution in [0.4, 0.5) is 0 Å². The second kappa shape index (κ2) is 7.10. The number of hydrogen-bond acceptors (Lipinski definition) is 3. The zero-order chi connectivity index (χ0) is 13.9. The number of ether oxygens (including phenoxy) is 1. The molecule has 2 saturated heterocycles. The lowest BCUT2D eigenvalue weighted by Gasteiger charge is -2.44. The highest BCUT2D eigenvalue weighted by molar-refractivity contribution is 5.86. The van der Waals surface area contributed by atoms with Crippen molar-refractivity contribution < 1.29 is 9.53 Å². The summed E-state index contributed by atoms with van der Waals surface area (Å²) in [6.07, 6.45) is 6.03. The molecule has 5 heteroatoms. The van der Waals surface area contributed by atoms with Gasteiger partial charge in [-0.2, -0.15) is 0 Å². The Hall–Kier alpha value is -0.320. The van der Waals surface area contributed by atoms with E-state index in [9.17, 15) is 4.79 Å². The normalized spacial score (nSPS) is 29.6. The van der Waals surface area contributed by atoms with Gasteiger partial charge in [0.1, 0.15) is 0 Å². The van der Waals surface area contributed by atoms with Crippen molar-refractivity contribution >= 4 is 18.3 Å². The first-order valence-corrected chi connectivity index (χ1v) is 7.65. The molecule has 1 atom stereocenters. The zero-order valence-electron chi connectivity index (χ0n) is 12.8. The lowest BCUT2D eigenvalue weighted by atomic mass is 9.77. The van der Waals surface area contributed by atoms with Crippen LogP contribution in [0.15, 0.2) is 0 Å². The van der Waals surface area contributed by atoms with Gasteiger partial charge in [-0.1, -0.05) is 20.3 Å². The number of amides is 1. The fourth-order valence-corrected chi connectivity index (χ4v) is 3.56. The van der Waals surface area contributed by atoms with Gasteiger partial charge in [0, 0.05) is 26.3 Å². The third kappa shape index (κ3) is 3.86. The molecule has 2 heterocycles. The summed E-state index contributed by atoms with van der Waals surface area (Å²) in [5.41, 5.74) is 5.93. The highest BCUT2D eigenvalue weighted by Gasteiger charge is 2.42. The third-order valence-electron chi connectivity index (χ3n) is 4.73. The van der Waals surface area contributed by atoms with E-state index in [2.05, 4.69) is 13.8 Å². The lowest BCUT2D eigenvalue weighted by Crippen LogP contribution is -2.60. The van der Waals surface area contributed by atoms with Crippen molar-refractivity contribution in [2.24, 2.45) is 11.1 Å². The summed E-state index contributed by atoms with van der Waals surface area (Å²) >= 11 is 0. The maximum absolute atomic E-state index is 12.7. The van der Waals surface area contributed by atoms with Crippen molar-refractivity contribution in [3.8, 4) is 0 Å². The molecule has 1 amide bonds. The summed E-state index contributed by atoms with van der Waals surface area (Å²) in [4.78, 5) is 14.7. The largest absolute Gasteiger partial charge is 0.381 e. The van der Waals surface area contributed by atoms with Crippen molar-refractivity contribution in [2.45, 2.75) is 57.9 Å². The average Bonchev–Trinajstić information content (AvgIpc) is 2.38. The molecule has 2 fully saturated rings. The standard InChI is InChI=1S/C15H28N2O2.ClH/c1-3-5-14(2)6-4-9-17(12-14)13(18)15(16)7-10-19-11-8-15;/h3-12,16H2,1-2H3;1H. The van der Waals surface area contributed by atoms with Gasteiger partial charge >= 0.3 is 0 Å². The van der Waals surface area contributed by atoms with Gasteiger partial charge in [-0.3, -0.25) is 4.79 Å². The van der Waals surface area contributed by atoms with Gasteiger partial charge < -0.3 is 15.4 Å². The molecule has 0 aromatic heterocycles. The monoisotopic (exact) mass is 304 g/mol. The van der Waals surface area contributed by atoms with Crippen LogP contribution in [-0.2, 0) is 9.53 Å². The molecule has 0 aliphatic carbocycles. The molecule has 1 unspecified atom stereocenters. The highest BCUT2D eigenvalue weighted by atomic mass is 35.5. The van der Waals surface area contributed by atoms with Crippen LogP contribution in [0.2, 0.25) is 0 Å². The van der Waals surface area contributed by atoms with E-state index >= 15 is 0 Å². The molecule has 2 aliphatic heterocycles. The first-order chi connectivity index (χ1) is 8.99. The van der Waals surface area contributed by atoms with Crippen LogP contribution in [0, 0.1) is 5.41 Å². The summed E-state index contributed by atoms with van der Waals surface area (Å²) in [6.45, 7) is 7.50. The molecular formula is C15H29ClN2O2. The number of rotatable bonds is 3. The van der Waals surface area contributed by atoms with Gasteiger partial charge in [-0.25, -0.2) is 0 Å². The molecule has 2 N–H and O–H groups in total. The molecule has 20 heavy (non-hydrogen) atoms. The van der Waals surface area contributed by atoms with E-state index in [-0.39, 0.29) is 23.7 Å². The van der Waals surface area contributed by atoms with E-state index < -0.39 is 5.54 Å². The molecule has 0 aromatic carbocycles. The summed E-state index contributed by atoms with van der Waals surface area (Å²) in [5.74, 6) is 0.151. The number of nitrogens with two attached hydrogens (primary N) is 1. The van der Waals surface area contributed by atoms with Gasteiger partial charge in [0.05, 0.1) is 5.54 Å². The molecule has 0 radical (unpaired) electrons. The topological polar surface area (TPSA) is 55.6 Å². The van der Waals surface area contributed by atoms with Gasteiger partial charge in [-0.05, 0) is 37.5 Å². The van der Waals surface area contributed by atoms with E-state index in [1.165, 1.54) is 19.3 Å². The van der Waals surface area contributed by atoms with Crippen molar-refractivity contribution in [3.05, 3.63) is 0 Å². The number of piperidine rings is 1. The third-order valence-corrected chi connectivity index (χ3v) is 4.73. The molecule has 118 valence electrons. The Morgan fingerprint density at radius 3 is 2.55 bits per heavy atom. The number of nitrogens with zero attached hydrogens (tertiary/aromatic N) is 1. The van der Waals surface area contributed by atoms with E-state index in [1.807, 2.05) is 4.90 Å². The van der Waals surface area contributed by atoms with Gasteiger partial charge in [0.25, 0.3) is 0 Å². The van der Waals surface area contributed by atoms with Crippen LogP contribution in [0.25, 0.3) is 0 Å². The average molecular weight is 305 g/mol. The van der Waals surface area contributed by atoms with Crippen LogP contribution >= 0.6 is 12.4 Å². The van der Waals surface area contributed by atoms with E-state index in [4.69, 9.17) is 10.5 Å². The maximum atomic E-state index is 12.7. The van der Waals surface area contributed by atoms with Crippen LogP contribution in [0.3, 0.4) is 0 Å². The van der Waals surface area contributed by atoms with E-state index in [0.717, 1.165) is 19.5 Å². The maximum Gasteiger partial charge on any atom is 0.242 e. The number of carbonyl (C=O) groups is 1. The minimum absolute atomic E-state index is 0. The van der Waals surface area contributed by atoms with Crippen molar-refractivity contribution in [1.82, 2.24) is 4.90 Å². The molecule has 2 rings (SSSR count). The number of carbonyl (C=O) groups excluding carboxylic acids is 1. The summed E-state index contributed by atoms with van der Waals surface area (Å²) < 4.78 is 5.33. The SMILES string of the molecule is CCCC1(C)CCCN(C(=O)C2(N)CCOCC2)C1.Cl. The van der Waals surface area contributed by atoms with E-state index in [0.29, 0.717) is 26.1 Å². The van der Waals surface area contributed by atoms with Gasteiger partial charge in [0.15, 0.2) is 0 Å². The van der Waals surface area contributed by atoms with Crippen LogP contribution in [0.1, 0.15) is 52.4 Å². The minimum Gasteiger partial charge on any atom is -0.381 e. The molecule has 2 aliphatic rings. The molecule has 0 spiro atoms. The predicted molar refractivity (Wildman–Crippen MR) is 83.0 cm³/mol. The molecule has 0 bridgehead atoms. The van der Waals surface area contributed by atoms with Gasteiger partial charge in [0.2, 0.25) is 5.91 Å². The number of halogens is 1. The first-order valence-electron chi connectivity index (χ1n) is 7.65. The molecule has 0 saturated carbocycles. The minimum atomic E-state index is -0.678. The second-order valence-corrected chi connectivity index (χ2v) is 6.66. The zero-order valence-corrected chi connectivity index (χ0v) is 13.6. The fraction of sp³-hybridized carbons (Fsp3) is 0.933. The molecule has 4 nitrogen and oxygen atoms in total. The lowest BCUT2D eigenvalue weighted by molar-refractivity contribution is -0.144. The highest BCUT2D eigenvalue weighted by Crippen LogP contribution is 2.35. The Kier molecular flexibility index (Phi) is 6.29. The van der Waals surface area contributed by atoms with Crippen molar-refractivity contribution in [1.29, 1.82) is 0 Å². The Labute approximate surface area is 128 Å². The summed E-state index contributed by atoms with van der Waals surface area (Å²) in [6, 6.07) is 0. The quantitative estimate of drug-likeness (QED) is 0.871. The van der Waals surface area contributed by atoms with Crippen LogP contribution in [-0.4, -0.2) is 42.6 Å². The summed E-state index contributed by atoms with van der Waals surface area (Å²) in [7, 11) is 0. The van der Waals surface area contributed by atoms with Crippen molar-refractivity contribution in [2.75, 3.05) is 26.3 Å². The van der Waals surface area contributed by atoms with Crippen LogP contribution < -0.4 is 5.73 Å². The molecular weight excluding hydrogens is 276 g/mol. The van der Waals surface area contributed by atoms with E-state index in [1.54, 1.807) is 0 Å². The second-order valence-electron chi connectivity index (χ2n) is 6.66. The molecule has 0 aromatic rings. The van der Waals surface area contributed by atoms with Crippen molar-refractivity contribution in [3.63, 3.8) is 0 Å². The summed E-state index contributed by atoms with van der Waals surface area (Å²) in [5, 5.41) is 0. The Balaban J connectivity index is 0.00000200. The Bertz CT molecular complexity index is 328. The number of likely N-dealkylation sites (tertiary alicyclic amines) is 1. The predicted octanol–water partition coefficient (Wildman–Crippen LogP) is 2.34.